The Morgan fingerprint density at radius 3 is 2.65 bits per heavy atom. The molecule has 0 fully saturated rings. The quantitative estimate of drug-likeness (QED) is 0.297. The highest BCUT2D eigenvalue weighted by atomic mass is 16.5. The summed E-state index contributed by atoms with van der Waals surface area (Å²) >= 11 is 0. The molecular weight excluding hydrogens is 218 g/mol. The van der Waals surface area contributed by atoms with Crippen LogP contribution in [0.2, 0.25) is 0 Å². The third-order valence-electron chi connectivity index (χ3n) is 2.52. The van der Waals surface area contributed by atoms with Crippen LogP contribution in [-0.4, -0.2) is 30.8 Å². The van der Waals surface area contributed by atoms with Gasteiger partial charge in [-0.3, -0.25) is 0 Å². The van der Waals surface area contributed by atoms with Crippen molar-refractivity contribution in [3.63, 3.8) is 0 Å². The molecule has 0 aliphatic heterocycles. The average molecular weight is 237 g/mol. The van der Waals surface area contributed by atoms with Crippen molar-refractivity contribution in [3.05, 3.63) is 35.4 Å². The van der Waals surface area contributed by atoms with E-state index in [1.54, 1.807) is 7.11 Å². The number of oxime groups is 1. The van der Waals surface area contributed by atoms with Crippen molar-refractivity contribution in [2.45, 2.75) is 19.6 Å². The molecule has 0 aromatic heterocycles. The molecule has 0 aliphatic rings. The molecule has 0 saturated carbocycles. The van der Waals surface area contributed by atoms with Gasteiger partial charge in [-0.1, -0.05) is 29.4 Å². The van der Waals surface area contributed by atoms with Gasteiger partial charge in [0.2, 0.25) is 0 Å². The van der Waals surface area contributed by atoms with Gasteiger partial charge in [0.1, 0.15) is 0 Å². The summed E-state index contributed by atoms with van der Waals surface area (Å²) in [7, 11) is 1.69. The van der Waals surface area contributed by atoms with Crippen LogP contribution in [0.5, 0.6) is 0 Å². The van der Waals surface area contributed by atoms with E-state index in [0.29, 0.717) is 5.56 Å². The highest BCUT2D eigenvalue weighted by molar-refractivity contribution is 5.96. The Bertz CT molecular complexity index is 363. The smallest absolute Gasteiger partial charge is 0.170 e. The first-order chi connectivity index (χ1) is 8.17. The number of nitrogens with zero attached hydrogens (tertiary/aromatic N) is 1. The number of hydrogen-bond acceptors (Lipinski definition) is 4. The zero-order valence-electron chi connectivity index (χ0n) is 10.2. The molecule has 0 radical (unpaired) electrons. The molecule has 17 heavy (non-hydrogen) atoms. The van der Waals surface area contributed by atoms with Crippen LogP contribution in [0.3, 0.4) is 0 Å². The number of amidine groups is 1. The minimum atomic E-state index is 0.123. The van der Waals surface area contributed by atoms with E-state index in [2.05, 4.69) is 10.5 Å². The lowest BCUT2D eigenvalue weighted by Gasteiger charge is -2.10. The Hall–Kier alpha value is -1.59. The van der Waals surface area contributed by atoms with E-state index < -0.39 is 0 Å². The zero-order chi connectivity index (χ0) is 12.7. The Kier molecular flexibility index (Phi) is 5.45. The van der Waals surface area contributed by atoms with Gasteiger partial charge in [-0.25, -0.2) is 0 Å². The van der Waals surface area contributed by atoms with Gasteiger partial charge in [0.25, 0.3) is 0 Å². The Morgan fingerprint density at radius 2 is 2.12 bits per heavy atom. The van der Waals surface area contributed by atoms with Gasteiger partial charge in [0.15, 0.2) is 5.84 Å². The van der Waals surface area contributed by atoms with E-state index in [0.717, 1.165) is 18.7 Å². The van der Waals surface area contributed by atoms with Crippen molar-refractivity contribution in [1.82, 2.24) is 5.32 Å². The van der Waals surface area contributed by atoms with E-state index in [4.69, 9.17) is 15.7 Å². The van der Waals surface area contributed by atoms with Crippen LogP contribution in [0.25, 0.3) is 0 Å². The standard InChI is InChI=1S/C12H19N3O2/c1-9(17-2)7-14-8-10-3-5-11(6-4-10)12(13)15-16/h3-6,9,14,16H,7-8H2,1-2H3,(H2,13,15). The second kappa shape index (κ2) is 6.88. The summed E-state index contributed by atoms with van der Waals surface area (Å²) in [6.45, 7) is 3.58. The fraction of sp³-hybridized carbons (Fsp3) is 0.417. The molecule has 5 heteroatoms. The van der Waals surface area contributed by atoms with Gasteiger partial charge >= 0.3 is 0 Å². The molecule has 94 valence electrons. The molecule has 1 rings (SSSR count). The largest absolute Gasteiger partial charge is 0.409 e. The van der Waals surface area contributed by atoms with Gasteiger partial charge < -0.3 is 21.0 Å². The molecule has 1 aromatic rings. The number of ether oxygens (including phenoxy) is 1. The van der Waals surface area contributed by atoms with Crippen molar-refractivity contribution in [2.75, 3.05) is 13.7 Å². The maximum atomic E-state index is 8.52. The second-order valence-electron chi connectivity index (χ2n) is 3.86. The topological polar surface area (TPSA) is 79.9 Å². The molecule has 1 aromatic carbocycles. The number of nitrogens with two attached hydrogens (primary N) is 1. The lowest BCUT2D eigenvalue weighted by Crippen LogP contribution is -2.25. The van der Waals surface area contributed by atoms with Crippen molar-refractivity contribution in [3.8, 4) is 0 Å². The van der Waals surface area contributed by atoms with Crippen LogP contribution < -0.4 is 11.1 Å². The normalized spacial score (nSPS) is 13.6. The van der Waals surface area contributed by atoms with Crippen molar-refractivity contribution in [2.24, 2.45) is 10.9 Å². The summed E-state index contributed by atoms with van der Waals surface area (Å²) in [5, 5.41) is 14.8. The third kappa shape index (κ3) is 4.42. The van der Waals surface area contributed by atoms with E-state index in [9.17, 15) is 0 Å². The molecule has 0 aliphatic carbocycles. The van der Waals surface area contributed by atoms with E-state index >= 15 is 0 Å². The van der Waals surface area contributed by atoms with Crippen LogP contribution in [0.4, 0.5) is 0 Å². The fourth-order valence-electron chi connectivity index (χ4n) is 1.35. The van der Waals surface area contributed by atoms with Gasteiger partial charge in [-0.15, -0.1) is 0 Å². The first kappa shape index (κ1) is 13.5. The molecule has 0 saturated heterocycles. The fourth-order valence-corrected chi connectivity index (χ4v) is 1.35. The van der Waals surface area contributed by atoms with Crippen molar-refractivity contribution < 1.29 is 9.94 Å². The lowest BCUT2D eigenvalue weighted by atomic mass is 10.1. The maximum Gasteiger partial charge on any atom is 0.170 e. The number of benzene rings is 1. The first-order valence-corrected chi connectivity index (χ1v) is 5.47. The van der Waals surface area contributed by atoms with Crippen LogP contribution >= 0.6 is 0 Å². The van der Waals surface area contributed by atoms with Gasteiger partial charge in [-0.05, 0) is 12.5 Å². The molecule has 1 atom stereocenters. The van der Waals surface area contributed by atoms with E-state index in [1.165, 1.54) is 0 Å². The summed E-state index contributed by atoms with van der Waals surface area (Å²) in [5.74, 6) is 0.123. The second-order valence-corrected chi connectivity index (χ2v) is 3.86. The highest BCUT2D eigenvalue weighted by Gasteiger charge is 2.00. The average Bonchev–Trinajstić information content (AvgIpc) is 2.38. The Morgan fingerprint density at radius 1 is 1.47 bits per heavy atom. The lowest BCUT2D eigenvalue weighted by molar-refractivity contribution is 0.117. The molecule has 0 spiro atoms. The summed E-state index contributed by atoms with van der Waals surface area (Å²) in [5.41, 5.74) is 7.32. The van der Waals surface area contributed by atoms with E-state index in [-0.39, 0.29) is 11.9 Å². The van der Waals surface area contributed by atoms with Crippen LogP contribution in [0.1, 0.15) is 18.1 Å². The highest BCUT2D eigenvalue weighted by Crippen LogP contribution is 2.04. The summed E-state index contributed by atoms with van der Waals surface area (Å²) < 4.78 is 5.13. The minimum Gasteiger partial charge on any atom is -0.409 e. The van der Waals surface area contributed by atoms with Gasteiger partial charge in [0.05, 0.1) is 6.10 Å². The van der Waals surface area contributed by atoms with Gasteiger partial charge in [0, 0.05) is 25.8 Å². The van der Waals surface area contributed by atoms with Gasteiger partial charge in [-0.2, -0.15) is 0 Å². The molecule has 4 N–H and O–H groups in total. The molecule has 0 amide bonds. The zero-order valence-corrected chi connectivity index (χ0v) is 10.2. The first-order valence-electron chi connectivity index (χ1n) is 5.47. The summed E-state index contributed by atoms with van der Waals surface area (Å²) in [4.78, 5) is 0. The van der Waals surface area contributed by atoms with Crippen molar-refractivity contribution >= 4 is 5.84 Å². The summed E-state index contributed by atoms with van der Waals surface area (Å²) in [6.07, 6.45) is 0.200. The van der Waals surface area contributed by atoms with Crippen LogP contribution in [-0.2, 0) is 11.3 Å². The molecule has 5 nitrogen and oxygen atoms in total. The Balaban J connectivity index is 2.46. The van der Waals surface area contributed by atoms with Crippen LogP contribution in [0, 0.1) is 0 Å². The Labute approximate surface area is 101 Å². The van der Waals surface area contributed by atoms with E-state index in [1.807, 2.05) is 31.2 Å². The molecule has 1 unspecified atom stereocenters. The minimum absolute atomic E-state index is 0.123. The molecule has 0 bridgehead atoms. The predicted octanol–water partition coefficient (Wildman–Crippen LogP) is 0.906. The third-order valence-corrected chi connectivity index (χ3v) is 2.52. The number of nitrogens with one attached hydrogen (secondary N) is 1. The number of methoxy groups -OCH3 is 1. The van der Waals surface area contributed by atoms with Crippen molar-refractivity contribution in [1.29, 1.82) is 0 Å². The monoisotopic (exact) mass is 237 g/mol. The number of rotatable bonds is 6. The number of hydrogen-bond donors (Lipinski definition) is 3. The summed E-state index contributed by atoms with van der Waals surface area (Å²) in [6, 6.07) is 7.54. The SMILES string of the molecule is COC(C)CNCc1ccc(/C(N)=N/O)cc1. The van der Waals surface area contributed by atoms with Crippen LogP contribution in [0.15, 0.2) is 29.4 Å². The molecular formula is C12H19N3O2. The maximum absolute atomic E-state index is 8.52. The molecule has 0 heterocycles. The predicted molar refractivity (Wildman–Crippen MR) is 67.1 cm³/mol.